The highest BCUT2D eigenvalue weighted by atomic mass is 16.1. The van der Waals surface area contributed by atoms with Crippen LogP contribution in [0.4, 0.5) is 5.69 Å². The number of hydrogen-bond donors (Lipinski definition) is 1. The molecule has 0 atom stereocenters. The quantitative estimate of drug-likeness (QED) is 0.566. The number of allylic oxidation sites excluding steroid dienone is 4. The number of anilines is 1. The molecule has 0 unspecified atom stereocenters. The number of hydrogen-bond acceptors (Lipinski definition) is 1. The maximum Gasteiger partial charge on any atom is 0.224 e. The molecule has 1 aromatic rings. The number of fused-ring (bicyclic) bond motifs is 2. The first-order valence-corrected chi connectivity index (χ1v) is 9.43. The van der Waals surface area contributed by atoms with Gasteiger partial charge in [0.1, 0.15) is 0 Å². The number of nitrogens with one attached hydrogen (secondary N) is 1. The Morgan fingerprint density at radius 1 is 0.875 bits per heavy atom. The highest BCUT2D eigenvalue weighted by molar-refractivity contribution is 5.90. The third-order valence-electron chi connectivity index (χ3n) is 4.53. The normalized spacial score (nSPS) is 22.2. The topological polar surface area (TPSA) is 29.1 Å². The summed E-state index contributed by atoms with van der Waals surface area (Å²) in [5, 5.41) is 3.04. The van der Waals surface area contributed by atoms with E-state index in [1.165, 1.54) is 30.4 Å². The molecule has 1 heterocycles. The van der Waals surface area contributed by atoms with Gasteiger partial charge in [0.2, 0.25) is 5.91 Å². The zero-order chi connectivity index (χ0) is 17.0. The lowest BCUT2D eigenvalue weighted by molar-refractivity contribution is -0.116. The standard InChI is InChI=1S/C22H31NO/c1-19-12-8-6-4-2-3-5-7-9-17-22(24)23-21-16-11-15-20(18-21)14-10-13-19/h4,6,11,13,15-16,18H,2-3,5,7-10,12,14,17H2,1H3,(H,23,24)/b6-4-,19-13+. The van der Waals surface area contributed by atoms with E-state index in [9.17, 15) is 4.79 Å². The minimum Gasteiger partial charge on any atom is -0.326 e. The van der Waals surface area contributed by atoms with Crippen LogP contribution in [-0.2, 0) is 11.2 Å². The molecule has 0 spiro atoms. The molecule has 2 heteroatoms. The Kier molecular flexibility index (Phi) is 8.37. The average molecular weight is 325 g/mol. The summed E-state index contributed by atoms with van der Waals surface area (Å²) < 4.78 is 0. The number of rotatable bonds is 0. The number of carbonyl (C=O) groups excluding carboxylic acids is 1. The first-order chi connectivity index (χ1) is 11.7. The fourth-order valence-electron chi connectivity index (χ4n) is 3.06. The Hall–Kier alpha value is -1.83. The molecule has 1 aliphatic rings. The summed E-state index contributed by atoms with van der Waals surface area (Å²) in [6.07, 6.45) is 17.8. The van der Waals surface area contributed by atoms with Crippen LogP contribution in [0.3, 0.4) is 0 Å². The Labute approximate surface area is 147 Å². The van der Waals surface area contributed by atoms with Crippen molar-refractivity contribution in [2.45, 2.75) is 71.1 Å². The van der Waals surface area contributed by atoms with Gasteiger partial charge in [0, 0.05) is 12.1 Å². The van der Waals surface area contributed by atoms with Gasteiger partial charge in [-0.05, 0) is 69.6 Å². The number of amides is 1. The van der Waals surface area contributed by atoms with Crippen molar-refractivity contribution in [3.05, 3.63) is 53.6 Å². The summed E-state index contributed by atoms with van der Waals surface area (Å²) in [5.41, 5.74) is 3.69. The van der Waals surface area contributed by atoms with Crippen molar-refractivity contribution in [3.8, 4) is 0 Å². The summed E-state index contributed by atoms with van der Waals surface area (Å²) in [6.45, 7) is 2.23. The average Bonchev–Trinajstić information content (AvgIpc) is 2.56. The largest absolute Gasteiger partial charge is 0.326 e. The van der Waals surface area contributed by atoms with E-state index < -0.39 is 0 Å². The minimum atomic E-state index is 0.140. The molecule has 0 saturated heterocycles. The number of carbonyl (C=O) groups is 1. The molecule has 1 aliphatic heterocycles. The molecule has 130 valence electrons. The summed E-state index contributed by atoms with van der Waals surface area (Å²) in [4.78, 5) is 12.0. The molecule has 1 aromatic carbocycles. The fourth-order valence-corrected chi connectivity index (χ4v) is 3.06. The van der Waals surface area contributed by atoms with Crippen molar-refractivity contribution in [1.29, 1.82) is 0 Å². The fraction of sp³-hybridized carbons (Fsp3) is 0.500. The molecule has 0 aromatic heterocycles. The SMILES string of the molecule is C/C1=C\CCc2cccc(c2)NC(=O)CCCCCC/C=C\CC1. The van der Waals surface area contributed by atoms with E-state index in [0.29, 0.717) is 6.42 Å². The van der Waals surface area contributed by atoms with Crippen molar-refractivity contribution in [2.75, 3.05) is 5.32 Å². The van der Waals surface area contributed by atoms with E-state index in [1.807, 2.05) is 12.1 Å². The van der Waals surface area contributed by atoms with Gasteiger partial charge in [-0.1, -0.05) is 48.8 Å². The predicted molar refractivity (Wildman–Crippen MR) is 103 cm³/mol. The lowest BCUT2D eigenvalue weighted by Crippen LogP contribution is -2.11. The van der Waals surface area contributed by atoms with Crippen LogP contribution in [-0.4, -0.2) is 5.91 Å². The predicted octanol–water partition coefficient (Wildman–Crippen LogP) is 6.19. The third kappa shape index (κ3) is 7.63. The second-order valence-corrected chi connectivity index (χ2v) is 6.80. The molecule has 1 amide bonds. The number of benzene rings is 1. The molecule has 2 nitrogen and oxygen atoms in total. The molecule has 0 saturated carbocycles. The summed E-state index contributed by atoms with van der Waals surface area (Å²) >= 11 is 0. The van der Waals surface area contributed by atoms with E-state index in [4.69, 9.17) is 0 Å². The van der Waals surface area contributed by atoms with Gasteiger partial charge in [0.15, 0.2) is 0 Å². The van der Waals surface area contributed by atoms with Gasteiger partial charge in [0.25, 0.3) is 0 Å². The van der Waals surface area contributed by atoms with Gasteiger partial charge >= 0.3 is 0 Å². The molecule has 2 rings (SSSR count). The van der Waals surface area contributed by atoms with Crippen molar-refractivity contribution in [1.82, 2.24) is 0 Å². The van der Waals surface area contributed by atoms with Crippen LogP contribution < -0.4 is 5.32 Å². The van der Waals surface area contributed by atoms with Crippen LogP contribution >= 0.6 is 0 Å². The van der Waals surface area contributed by atoms with Crippen molar-refractivity contribution >= 4 is 11.6 Å². The molecule has 2 bridgehead atoms. The van der Waals surface area contributed by atoms with Crippen LogP contribution in [0.25, 0.3) is 0 Å². The Morgan fingerprint density at radius 2 is 1.71 bits per heavy atom. The lowest BCUT2D eigenvalue weighted by Gasteiger charge is -2.07. The number of aryl methyl sites for hydroxylation is 1. The zero-order valence-corrected chi connectivity index (χ0v) is 15.0. The van der Waals surface area contributed by atoms with Crippen molar-refractivity contribution < 1.29 is 4.79 Å². The second-order valence-electron chi connectivity index (χ2n) is 6.80. The van der Waals surface area contributed by atoms with Crippen molar-refractivity contribution in [3.63, 3.8) is 0 Å². The van der Waals surface area contributed by atoms with E-state index in [2.05, 4.69) is 42.6 Å². The summed E-state index contributed by atoms with van der Waals surface area (Å²) in [6, 6.07) is 8.27. The van der Waals surface area contributed by atoms with E-state index in [1.54, 1.807) is 0 Å². The molecular weight excluding hydrogens is 294 g/mol. The molecule has 1 N–H and O–H groups in total. The van der Waals surface area contributed by atoms with Gasteiger partial charge in [-0.15, -0.1) is 0 Å². The summed E-state index contributed by atoms with van der Waals surface area (Å²) in [7, 11) is 0. The molecular formula is C22H31NO. The van der Waals surface area contributed by atoms with Crippen LogP contribution in [0.1, 0.15) is 70.3 Å². The van der Waals surface area contributed by atoms with Gasteiger partial charge in [-0.2, -0.15) is 0 Å². The minimum absolute atomic E-state index is 0.140. The highest BCUT2D eigenvalue weighted by Gasteiger charge is 2.03. The van der Waals surface area contributed by atoms with Crippen molar-refractivity contribution in [2.24, 2.45) is 0 Å². The highest BCUT2D eigenvalue weighted by Crippen LogP contribution is 2.15. The maximum atomic E-state index is 12.0. The maximum absolute atomic E-state index is 12.0. The molecule has 0 radical (unpaired) electrons. The zero-order valence-electron chi connectivity index (χ0n) is 15.0. The van der Waals surface area contributed by atoms with Gasteiger partial charge in [-0.3, -0.25) is 4.79 Å². The van der Waals surface area contributed by atoms with Crippen LogP contribution in [0.5, 0.6) is 0 Å². The van der Waals surface area contributed by atoms with Gasteiger partial charge in [0.05, 0.1) is 0 Å². The smallest absolute Gasteiger partial charge is 0.224 e. The van der Waals surface area contributed by atoms with E-state index in [0.717, 1.165) is 44.2 Å². The Bertz CT molecular complexity index is 571. The molecule has 0 fully saturated rings. The van der Waals surface area contributed by atoms with Gasteiger partial charge in [-0.25, -0.2) is 0 Å². The first-order valence-electron chi connectivity index (χ1n) is 9.43. The monoisotopic (exact) mass is 325 g/mol. The van der Waals surface area contributed by atoms with Crippen LogP contribution in [0, 0.1) is 0 Å². The molecule has 0 aliphatic carbocycles. The molecule has 24 heavy (non-hydrogen) atoms. The summed E-state index contributed by atoms with van der Waals surface area (Å²) in [5.74, 6) is 0.140. The first kappa shape index (κ1) is 18.5. The van der Waals surface area contributed by atoms with E-state index >= 15 is 0 Å². The Balaban J connectivity index is 1.97. The lowest BCUT2D eigenvalue weighted by atomic mass is 10.1. The van der Waals surface area contributed by atoms with Crippen LogP contribution in [0.15, 0.2) is 48.1 Å². The van der Waals surface area contributed by atoms with Gasteiger partial charge < -0.3 is 5.32 Å². The third-order valence-corrected chi connectivity index (χ3v) is 4.53. The van der Waals surface area contributed by atoms with E-state index in [-0.39, 0.29) is 5.91 Å². The van der Waals surface area contributed by atoms with Crippen LogP contribution in [0.2, 0.25) is 0 Å². The second kappa shape index (κ2) is 10.9. The Morgan fingerprint density at radius 3 is 2.62 bits per heavy atom.